The minimum absolute atomic E-state index is 0.101. The van der Waals surface area contributed by atoms with E-state index in [1.807, 2.05) is 19.1 Å². The van der Waals surface area contributed by atoms with Gasteiger partial charge in [-0.2, -0.15) is 0 Å². The lowest BCUT2D eigenvalue weighted by molar-refractivity contribution is 0.383. The van der Waals surface area contributed by atoms with E-state index in [9.17, 15) is 9.90 Å². The summed E-state index contributed by atoms with van der Waals surface area (Å²) in [5.41, 5.74) is 9.77. The van der Waals surface area contributed by atoms with Crippen LogP contribution in [0.25, 0.3) is 11.3 Å². The first kappa shape index (κ1) is 17.5. The van der Waals surface area contributed by atoms with Crippen molar-refractivity contribution in [3.8, 4) is 17.0 Å². The maximum atomic E-state index is 12.0. The summed E-state index contributed by atoms with van der Waals surface area (Å²) in [5.74, 6) is 0.101. The smallest absolute Gasteiger partial charge is 0.255 e. The summed E-state index contributed by atoms with van der Waals surface area (Å²) in [6, 6.07) is 8.16. The standard InChI is InChI=1S/C20H27N3O2/c1-4-16-17(22-19(25)13(2)18(16)24)14-5-7-15(8-6-14)23-10-9-20(3,11-21)12-23/h5-8H,4,9-12,21H2,1-3H3,(H2,22,24,25). The van der Waals surface area contributed by atoms with Crippen LogP contribution in [0.1, 0.15) is 31.4 Å². The lowest BCUT2D eigenvalue weighted by Crippen LogP contribution is -2.31. The number of aromatic amines is 1. The highest BCUT2D eigenvalue weighted by Gasteiger charge is 2.32. The van der Waals surface area contributed by atoms with Gasteiger partial charge in [-0.25, -0.2) is 0 Å². The molecule has 2 aromatic rings. The van der Waals surface area contributed by atoms with E-state index in [2.05, 4.69) is 28.9 Å². The number of rotatable bonds is 4. The van der Waals surface area contributed by atoms with E-state index in [1.54, 1.807) is 6.92 Å². The Kier molecular flexibility index (Phi) is 4.60. The fourth-order valence-corrected chi connectivity index (χ4v) is 3.58. The number of pyridine rings is 1. The Labute approximate surface area is 148 Å². The molecule has 0 aliphatic carbocycles. The van der Waals surface area contributed by atoms with Gasteiger partial charge in [0.2, 0.25) is 0 Å². The quantitative estimate of drug-likeness (QED) is 0.798. The van der Waals surface area contributed by atoms with Gasteiger partial charge < -0.3 is 20.7 Å². The molecule has 5 nitrogen and oxygen atoms in total. The number of nitrogens with two attached hydrogens (primary N) is 1. The van der Waals surface area contributed by atoms with Gasteiger partial charge in [0, 0.05) is 24.3 Å². The summed E-state index contributed by atoms with van der Waals surface area (Å²) in [5, 5.41) is 10.3. The van der Waals surface area contributed by atoms with Crippen LogP contribution in [-0.2, 0) is 6.42 Å². The number of aromatic hydroxyl groups is 1. The molecule has 1 atom stereocenters. The first-order chi connectivity index (χ1) is 11.9. The van der Waals surface area contributed by atoms with Crippen molar-refractivity contribution in [3.05, 3.63) is 45.7 Å². The fourth-order valence-electron chi connectivity index (χ4n) is 3.58. The molecule has 4 N–H and O–H groups in total. The molecule has 0 radical (unpaired) electrons. The molecule has 1 aromatic heterocycles. The topological polar surface area (TPSA) is 82.3 Å². The van der Waals surface area contributed by atoms with Crippen LogP contribution in [0.4, 0.5) is 5.69 Å². The van der Waals surface area contributed by atoms with Gasteiger partial charge in [-0.05, 0) is 49.4 Å². The minimum Gasteiger partial charge on any atom is -0.507 e. The molecule has 1 aliphatic heterocycles. The predicted molar refractivity (Wildman–Crippen MR) is 102 cm³/mol. The van der Waals surface area contributed by atoms with Crippen molar-refractivity contribution in [1.29, 1.82) is 0 Å². The zero-order valence-electron chi connectivity index (χ0n) is 15.2. The predicted octanol–water partition coefficient (Wildman–Crippen LogP) is 2.79. The minimum atomic E-state index is -0.243. The van der Waals surface area contributed by atoms with Gasteiger partial charge in [0.1, 0.15) is 5.75 Å². The van der Waals surface area contributed by atoms with E-state index in [4.69, 9.17) is 5.73 Å². The summed E-state index contributed by atoms with van der Waals surface area (Å²) in [6.07, 6.45) is 1.76. The average Bonchev–Trinajstić information content (AvgIpc) is 3.02. The first-order valence-corrected chi connectivity index (χ1v) is 8.88. The lowest BCUT2D eigenvalue weighted by atomic mass is 9.90. The van der Waals surface area contributed by atoms with Gasteiger partial charge in [0.05, 0.1) is 11.3 Å². The second-order valence-corrected chi connectivity index (χ2v) is 7.37. The molecule has 5 heteroatoms. The molecule has 25 heavy (non-hydrogen) atoms. The second-order valence-electron chi connectivity index (χ2n) is 7.37. The number of nitrogens with zero attached hydrogens (tertiary/aromatic N) is 1. The van der Waals surface area contributed by atoms with E-state index < -0.39 is 0 Å². The van der Waals surface area contributed by atoms with Gasteiger partial charge in [-0.3, -0.25) is 4.79 Å². The molecule has 1 saturated heterocycles. The maximum absolute atomic E-state index is 12.0. The average molecular weight is 341 g/mol. The summed E-state index contributed by atoms with van der Waals surface area (Å²) < 4.78 is 0. The lowest BCUT2D eigenvalue weighted by Gasteiger charge is -2.24. The Morgan fingerprint density at radius 3 is 2.56 bits per heavy atom. The molecule has 0 spiro atoms. The SMILES string of the molecule is CCc1c(-c2ccc(N3CCC(C)(CN)C3)cc2)[nH]c(=O)c(C)c1O. The molecule has 0 amide bonds. The zero-order valence-corrected chi connectivity index (χ0v) is 15.2. The highest BCUT2D eigenvalue weighted by molar-refractivity contribution is 5.69. The van der Waals surface area contributed by atoms with E-state index in [-0.39, 0.29) is 16.7 Å². The van der Waals surface area contributed by atoms with Crippen molar-refractivity contribution in [3.63, 3.8) is 0 Å². The van der Waals surface area contributed by atoms with Gasteiger partial charge in [0.25, 0.3) is 5.56 Å². The summed E-state index contributed by atoms with van der Waals surface area (Å²) in [4.78, 5) is 17.3. The molecule has 1 unspecified atom stereocenters. The highest BCUT2D eigenvalue weighted by Crippen LogP contribution is 2.34. The number of aromatic nitrogens is 1. The fraction of sp³-hybridized carbons (Fsp3) is 0.450. The van der Waals surface area contributed by atoms with Crippen LogP contribution in [0, 0.1) is 12.3 Å². The molecule has 0 bridgehead atoms. The maximum Gasteiger partial charge on any atom is 0.255 e. The third-order valence-corrected chi connectivity index (χ3v) is 5.45. The largest absolute Gasteiger partial charge is 0.507 e. The molecule has 2 heterocycles. The van der Waals surface area contributed by atoms with Crippen molar-refractivity contribution in [1.82, 2.24) is 4.98 Å². The molecule has 1 aliphatic rings. The summed E-state index contributed by atoms with van der Waals surface area (Å²) in [6.45, 7) is 8.52. The molecule has 0 saturated carbocycles. The number of hydrogen-bond acceptors (Lipinski definition) is 4. The van der Waals surface area contributed by atoms with E-state index >= 15 is 0 Å². The van der Waals surface area contributed by atoms with Gasteiger partial charge >= 0.3 is 0 Å². The number of benzene rings is 1. The Morgan fingerprint density at radius 1 is 1.32 bits per heavy atom. The molecular formula is C20H27N3O2. The van der Waals surface area contributed by atoms with Gasteiger partial charge in [-0.15, -0.1) is 0 Å². The Balaban J connectivity index is 1.93. The monoisotopic (exact) mass is 341 g/mol. The van der Waals surface area contributed by atoms with Gasteiger partial charge in [0.15, 0.2) is 0 Å². The van der Waals surface area contributed by atoms with E-state index in [0.717, 1.165) is 36.3 Å². The van der Waals surface area contributed by atoms with Crippen LogP contribution >= 0.6 is 0 Å². The number of anilines is 1. The van der Waals surface area contributed by atoms with Crippen LogP contribution in [-0.4, -0.2) is 29.7 Å². The van der Waals surface area contributed by atoms with E-state index in [1.165, 1.54) is 0 Å². The van der Waals surface area contributed by atoms with Crippen molar-refractivity contribution in [2.24, 2.45) is 11.1 Å². The van der Waals surface area contributed by atoms with Crippen LogP contribution in [0.3, 0.4) is 0 Å². The molecule has 134 valence electrons. The molecule has 1 aromatic carbocycles. The van der Waals surface area contributed by atoms with Crippen molar-refractivity contribution < 1.29 is 5.11 Å². The third kappa shape index (κ3) is 3.16. The van der Waals surface area contributed by atoms with Crippen LogP contribution in [0.2, 0.25) is 0 Å². The number of nitrogens with one attached hydrogen (secondary N) is 1. The van der Waals surface area contributed by atoms with Crippen LogP contribution in [0.5, 0.6) is 5.75 Å². The molecular weight excluding hydrogens is 314 g/mol. The Bertz CT molecular complexity index is 826. The second kappa shape index (κ2) is 6.56. The normalized spacial score (nSPS) is 20.2. The summed E-state index contributed by atoms with van der Waals surface area (Å²) in [7, 11) is 0. The van der Waals surface area contributed by atoms with Crippen LogP contribution in [0.15, 0.2) is 29.1 Å². The van der Waals surface area contributed by atoms with Crippen molar-refractivity contribution >= 4 is 5.69 Å². The number of hydrogen-bond donors (Lipinski definition) is 3. The molecule has 1 fully saturated rings. The highest BCUT2D eigenvalue weighted by atomic mass is 16.3. The molecule has 3 rings (SSSR count). The van der Waals surface area contributed by atoms with Crippen LogP contribution < -0.4 is 16.2 Å². The first-order valence-electron chi connectivity index (χ1n) is 8.88. The Hall–Kier alpha value is -2.27. The van der Waals surface area contributed by atoms with Crippen molar-refractivity contribution in [2.75, 3.05) is 24.5 Å². The third-order valence-electron chi connectivity index (χ3n) is 5.45. The van der Waals surface area contributed by atoms with Crippen molar-refractivity contribution in [2.45, 2.75) is 33.6 Å². The Morgan fingerprint density at radius 2 is 2.00 bits per heavy atom. The van der Waals surface area contributed by atoms with E-state index in [0.29, 0.717) is 24.2 Å². The summed E-state index contributed by atoms with van der Waals surface area (Å²) >= 11 is 0. The number of H-pyrrole nitrogens is 1. The van der Waals surface area contributed by atoms with Gasteiger partial charge in [-0.1, -0.05) is 26.0 Å². The zero-order chi connectivity index (χ0) is 18.2.